The molecule has 0 aromatic carbocycles. The number of hydrogen-bond acceptors (Lipinski definition) is 2. The zero-order valence-electron chi connectivity index (χ0n) is 8.23. The third kappa shape index (κ3) is 11.0. The van der Waals surface area contributed by atoms with Gasteiger partial charge in [0.1, 0.15) is 0 Å². The van der Waals surface area contributed by atoms with Gasteiger partial charge in [-0.15, -0.1) is 11.8 Å². The van der Waals surface area contributed by atoms with E-state index in [1.54, 1.807) is 0 Å². The largest absolute Gasteiger partial charge is 0.370 e. The van der Waals surface area contributed by atoms with E-state index in [1.807, 2.05) is 6.92 Å². The Hall–Kier alpha value is -1.01. The average molecular weight is 182 g/mol. The fraction of sp³-hybridized carbons (Fsp3) is 0.700. The molecule has 0 radical (unpaired) electrons. The van der Waals surface area contributed by atoms with Crippen LogP contribution in [0.3, 0.4) is 0 Å². The number of primary amides is 1. The quantitative estimate of drug-likeness (QED) is 0.448. The van der Waals surface area contributed by atoms with Crippen LogP contribution in [-0.4, -0.2) is 19.0 Å². The van der Waals surface area contributed by atoms with Crippen LogP contribution in [-0.2, 0) is 4.79 Å². The Morgan fingerprint density at radius 3 is 2.77 bits per heavy atom. The number of nitrogens with two attached hydrogens (primary N) is 1. The maximum absolute atomic E-state index is 10.4. The summed E-state index contributed by atoms with van der Waals surface area (Å²) in [6.07, 6.45) is 3.27. The van der Waals surface area contributed by atoms with Gasteiger partial charge in [-0.3, -0.25) is 4.79 Å². The Bertz CT molecular complexity index is 191. The molecule has 0 saturated carbocycles. The van der Waals surface area contributed by atoms with Crippen LogP contribution in [0.1, 0.15) is 32.6 Å². The molecule has 0 aromatic heterocycles. The van der Waals surface area contributed by atoms with Crippen molar-refractivity contribution >= 4 is 5.91 Å². The zero-order chi connectivity index (χ0) is 9.94. The Morgan fingerprint density at radius 2 is 2.15 bits per heavy atom. The first-order valence-corrected chi connectivity index (χ1v) is 4.66. The lowest BCUT2D eigenvalue weighted by atomic mass is 10.2. The summed E-state index contributed by atoms with van der Waals surface area (Å²) < 4.78 is 0. The summed E-state index contributed by atoms with van der Waals surface area (Å²) in [7, 11) is 0. The average Bonchev–Trinajstić information content (AvgIpc) is 2.09. The standard InChI is InChI=1S/C10H18N2O/c1-2-3-5-8-12-9-6-4-7-10(11)13/h12H,4-9H2,1H3,(H2,11,13). The minimum absolute atomic E-state index is 0.211. The van der Waals surface area contributed by atoms with Crippen LogP contribution in [0, 0.1) is 11.8 Å². The van der Waals surface area contributed by atoms with Crippen molar-refractivity contribution in [2.45, 2.75) is 32.6 Å². The molecule has 0 saturated heterocycles. The zero-order valence-corrected chi connectivity index (χ0v) is 8.23. The maximum Gasteiger partial charge on any atom is 0.217 e. The molecule has 0 atom stereocenters. The SMILES string of the molecule is CC#CCCNCCCCC(N)=O. The first kappa shape index (κ1) is 12.0. The molecular formula is C10H18N2O. The third-order valence-corrected chi connectivity index (χ3v) is 1.63. The van der Waals surface area contributed by atoms with Gasteiger partial charge in [0.05, 0.1) is 0 Å². The molecule has 0 rings (SSSR count). The van der Waals surface area contributed by atoms with Crippen molar-refractivity contribution in [1.82, 2.24) is 5.32 Å². The minimum atomic E-state index is -0.211. The van der Waals surface area contributed by atoms with Crippen LogP contribution in [0.25, 0.3) is 0 Å². The number of unbranched alkanes of at least 4 members (excludes halogenated alkanes) is 1. The predicted molar refractivity (Wildman–Crippen MR) is 54.0 cm³/mol. The molecule has 3 N–H and O–H groups in total. The molecule has 0 fully saturated rings. The molecule has 0 aliphatic rings. The van der Waals surface area contributed by atoms with Crippen molar-refractivity contribution in [3.63, 3.8) is 0 Å². The summed E-state index contributed by atoms with van der Waals surface area (Å²) in [5, 5.41) is 3.24. The first-order chi connectivity index (χ1) is 6.27. The van der Waals surface area contributed by atoms with Gasteiger partial charge in [0.2, 0.25) is 5.91 Å². The van der Waals surface area contributed by atoms with Gasteiger partial charge in [-0.25, -0.2) is 0 Å². The monoisotopic (exact) mass is 182 g/mol. The van der Waals surface area contributed by atoms with Crippen molar-refractivity contribution in [2.24, 2.45) is 5.73 Å². The smallest absolute Gasteiger partial charge is 0.217 e. The molecular weight excluding hydrogens is 164 g/mol. The molecule has 0 aliphatic heterocycles. The van der Waals surface area contributed by atoms with Gasteiger partial charge in [0.15, 0.2) is 0 Å². The number of rotatable bonds is 7. The lowest BCUT2D eigenvalue weighted by Gasteiger charge is -2.00. The van der Waals surface area contributed by atoms with E-state index < -0.39 is 0 Å². The van der Waals surface area contributed by atoms with Crippen LogP contribution in [0.5, 0.6) is 0 Å². The minimum Gasteiger partial charge on any atom is -0.370 e. The van der Waals surface area contributed by atoms with Gasteiger partial charge in [-0.2, -0.15) is 0 Å². The van der Waals surface area contributed by atoms with Gasteiger partial charge < -0.3 is 11.1 Å². The fourth-order valence-electron chi connectivity index (χ4n) is 0.950. The van der Waals surface area contributed by atoms with Crippen molar-refractivity contribution in [1.29, 1.82) is 0 Å². The second-order valence-corrected chi connectivity index (χ2v) is 2.85. The lowest BCUT2D eigenvalue weighted by molar-refractivity contribution is -0.118. The Labute approximate surface area is 80.1 Å². The van der Waals surface area contributed by atoms with Crippen LogP contribution >= 0.6 is 0 Å². The molecule has 0 aromatic rings. The highest BCUT2D eigenvalue weighted by Crippen LogP contribution is 1.91. The molecule has 0 heterocycles. The third-order valence-electron chi connectivity index (χ3n) is 1.63. The normalized spacial score (nSPS) is 9.00. The van der Waals surface area contributed by atoms with Gasteiger partial charge >= 0.3 is 0 Å². The van der Waals surface area contributed by atoms with E-state index in [0.29, 0.717) is 6.42 Å². The summed E-state index contributed by atoms with van der Waals surface area (Å²) in [5.74, 6) is 5.59. The highest BCUT2D eigenvalue weighted by Gasteiger charge is 1.93. The van der Waals surface area contributed by atoms with Crippen molar-refractivity contribution in [3.8, 4) is 11.8 Å². The molecule has 13 heavy (non-hydrogen) atoms. The molecule has 0 spiro atoms. The van der Waals surface area contributed by atoms with E-state index in [9.17, 15) is 4.79 Å². The second kappa shape index (κ2) is 9.08. The molecule has 1 amide bonds. The molecule has 0 bridgehead atoms. The Kier molecular flexibility index (Phi) is 8.38. The van der Waals surface area contributed by atoms with Gasteiger partial charge in [-0.1, -0.05) is 0 Å². The van der Waals surface area contributed by atoms with E-state index in [4.69, 9.17) is 5.73 Å². The van der Waals surface area contributed by atoms with Crippen molar-refractivity contribution in [3.05, 3.63) is 0 Å². The summed E-state index contributed by atoms with van der Waals surface area (Å²) in [6, 6.07) is 0. The van der Waals surface area contributed by atoms with Crippen LogP contribution in [0.15, 0.2) is 0 Å². The fourth-order valence-corrected chi connectivity index (χ4v) is 0.950. The van der Waals surface area contributed by atoms with Gasteiger partial charge in [0.25, 0.3) is 0 Å². The van der Waals surface area contributed by atoms with E-state index in [2.05, 4.69) is 17.2 Å². The Morgan fingerprint density at radius 1 is 1.38 bits per heavy atom. The first-order valence-electron chi connectivity index (χ1n) is 4.66. The molecule has 74 valence electrons. The highest BCUT2D eigenvalue weighted by molar-refractivity contribution is 5.73. The maximum atomic E-state index is 10.4. The number of hydrogen-bond donors (Lipinski definition) is 2. The summed E-state index contributed by atoms with van der Waals surface area (Å²) in [6.45, 7) is 3.71. The number of nitrogens with one attached hydrogen (secondary N) is 1. The van der Waals surface area contributed by atoms with E-state index in [0.717, 1.165) is 32.4 Å². The topological polar surface area (TPSA) is 55.1 Å². The molecule has 0 aliphatic carbocycles. The van der Waals surface area contributed by atoms with E-state index >= 15 is 0 Å². The van der Waals surface area contributed by atoms with Crippen LogP contribution < -0.4 is 11.1 Å². The summed E-state index contributed by atoms with van der Waals surface area (Å²) in [4.78, 5) is 10.4. The predicted octanol–water partition coefficient (Wildman–Crippen LogP) is 0.645. The molecule has 3 nitrogen and oxygen atoms in total. The number of carbonyl (C=O) groups is 1. The molecule has 3 heteroatoms. The van der Waals surface area contributed by atoms with E-state index in [1.165, 1.54) is 0 Å². The van der Waals surface area contributed by atoms with Crippen LogP contribution in [0.4, 0.5) is 0 Å². The van der Waals surface area contributed by atoms with Gasteiger partial charge in [-0.05, 0) is 26.3 Å². The summed E-state index contributed by atoms with van der Waals surface area (Å²) >= 11 is 0. The summed E-state index contributed by atoms with van der Waals surface area (Å²) in [5.41, 5.74) is 5.00. The van der Waals surface area contributed by atoms with Crippen molar-refractivity contribution < 1.29 is 4.79 Å². The highest BCUT2D eigenvalue weighted by atomic mass is 16.1. The lowest BCUT2D eigenvalue weighted by Crippen LogP contribution is -2.17. The number of carbonyl (C=O) groups excluding carboxylic acids is 1. The van der Waals surface area contributed by atoms with Crippen molar-refractivity contribution in [2.75, 3.05) is 13.1 Å². The van der Waals surface area contributed by atoms with Gasteiger partial charge in [0, 0.05) is 19.4 Å². The number of amides is 1. The van der Waals surface area contributed by atoms with E-state index in [-0.39, 0.29) is 5.91 Å². The Balaban J connectivity index is 2.98. The molecule has 0 unspecified atom stereocenters. The van der Waals surface area contributed by atoms with Crippen LogP contribution in [0.2, 0.25) is 0 Å². The second-order valence-electron chi connectivity index (χ2n) is 2.85.